The molecule has 4 rings (SSSR count). The summed E-state index contributed by atoms with van der Waals surface area (Å²) in [7, 11) is 1.59. The van der Waals surface area contributed by atoms with Gasteiger partial charge in [0, 0.05) is 22.3 Å². The number of ether oxygens (including phenoxy) is 1. The van der Waals surface area contributed by atoms with Gasteiger partial charge in [0.2, 0.25) is 0 Å². The number of nitrogens with one attached hydrogen (secondary N) is 2. The highest BCUT2D eigenvalue weighted by molar-refractivity contribution is 6.31. The quantitative estimate of drug-likeness (QED) is 0.480. The largest absolute Gasteiger partial charge is 0.497 e. The summed E-state index contributed by atoms with van der Waals surface area (Å²) in [6.07, 6.45) is 3.08. The van der Waals surface area contributed by atoms with E-state index in [1.54, 1.807) is 31.5 Å². The molecule has 0 aliphatic carbocycles. The predicted octanol–water partition coefficient (Wildman–Crippen LogP) is 4.37. The van der Waals surface area contributed by atoms with Crippen molar-refractivity contribution in [3.63, 3.8) is 0 Å². The van der Waals surface area contributed by atoms with E-state index >= 15 is 0 Å². The molecule has 0 fully saturated rings. The summed E-state index contributed by atoms with van der Waals surface area (Å²) in [4.78, 5) is 12.5. The van der Waals surface area contributed by atoms with Gasteiger partial charge in [-0.1, -0.05) is 29.8 Å². The Hall–Kier alpha value is -3.65. The molecule has 0 unspecified atom stereocenters. The number of aromatic amines is 1. The van der Waals surface area contributed by atoms with Crippen LogP contribution in [0, 0.1) is 5.82 Å². The zero-order chi connectivity index (χ0) is 21.1. The molecule has 2 heterocycles. The first-order valence-electron chi connectivity index (χ1n) is 9.00. The van der Waals surface area contributed by atoms with Gasteiger partial charge in [-0.05, 0) is 30.3 Å². The molecule has 0 bridgehead atoms. The molecule has 0 spiro atoms. The number of benzene rings is 2. The lowest BCUT2D eigenvalue weighted by atomic mass is 10.1. The van der Waals surface area contributed by atoms with Gasteiger partial charge in [-0.2, -0.15) is 10.2 Å². The number of methoxy groups -OCH3 is 1. The first-order chi connectivity index (χ1) is 14.5. The molecule has 0 saturated heterocycles. The molecule has 2 aromatic heterocycles. The smallest absolute Gasteiger partial charge is 0.273 e. The van der Waals surface area contributed by atoms with Gasteiger partial charge < -0.3 is 10.1 Å². The molecule has 7 nitrogen and oxygen atoms in total. The van der Waals surface area contributed by atoms with Crippen molar-refractivity contribution in [3.8, 4) is 17.0 Å². The van der Waals surface area contributed by atoms with Gasteiger partial charge in [-0.25, -0.2) is 4.39 Å². The molecule has 2 aromatic carbocycles. The zero-order valence-electron chi connectivity index (χ0n) is 15.9. The Morgan fingerprint density at radius 2 is 2.10 bits per heavy atom. The van der Waals surface area contributed by atoms with Gasteiger partial charge in [0.1, 0.15) is 17.3 Å². The van der Waals surface area contributed by atoms with Gasteiger partial charge in [0.25, 0.3) is 5.91 Å². The Labute approximate surface area is 176 Å². The summed E-state index contributed by atoms with van der Waals surface area (Å²) in [6, 6.07) is 13.5. The average molecular weight is 426 g/mol. The first kappa shape index (κ1) is 19.7. The van der Waals surface area contributed by atoms with E-state index in [1.165, 1.54) is 16.9 Å². The maximum absolute atomic E-state index is 14.0. The van der Waals surface area contributed by atoms with Gasteiger partial charge >= 0.3 is 0 Å². The van der Waals surface area contributed by atoms with E-state index in [9.17, 15) is 9.18 Å². The Morgan fingerprint density at radius 1 is 1.27 bits per heavy atom. The van der Waals surface area contributed by atoms with Crippen molar-refractivity contribution in [3.05, 3.63) is 83.0 Å². The summed E-state index contributed by atoms with van der Waals surface area (Å²) >= 11 is 6.05. The van der Waals surface area contributed by atoms with E-state index < -0.39 is 5.82 Å². The highest BCUT2D eigenvalue weighted by Gasteiger charge is 2.14. The van der Waals surface area contributed by atoms with E-state index in [1.807, 2.05) is 24.3 Å². The maximum Gasteiger partial charge on any atom is 0.273 e. The van der Waals surface area contributed by atoms with E-state index in [0.717, 1.165) is 5.56 Å². The molecule has 30 heavy (non-hydrogen) atoms. The minimum atomic E-state index is -0.411. The molecule has 9 heteroatoms. The van der Waals surface area contributed by atoms with Gasteiger partial charge in [-0.3, -0.25) is 14.6 Å². The summed E-state index contributed by atoms with van der Waals surface area (Å²) in [5, 5.41) is 14.1. The highest BCUT2D eigenvalue weighted by atomic mass is 35.5. The summed E-state index contributed by atoms with van der Waals surface area (Å²) < 4.78 is 20.7. The van der Waals surface area contributed by atoms with Crippen LogP contribution in [0.5, 0.6) is 5.75 Å². The van der Waals surface area contributed by atoms with Crippen LogP contribution >= 0.6 is 11.6 Å². The van der Waals surface area contributed by atoms with E-state index in [2.05, 4.69) is 20.6 Å². The Morgan fingerprint density at radius 3 is 2.90 bits per heavy atom. The predicted molar refractivity (Wildman–Crippen MR) is 111 cm³/mol. The SMILES string of the molecule is COc1cccc(-c2cc(C(=O)Nc3cnn(Cc4c(F)cccc4Cl)c3)[nH]n2)c1. The van der Waals surface area contributed by atoms with Crippen LogP contribution < -0.4 is 10.1 Å². The molecule has 0 radical (unpaired) electrons. The second kappa shape index (κ2) is 8.38. The molecular weight excluding hydrogens is 409 g/mol. The number of rotatable bonds is 6. The Bertz CT molecular complexity index is 1180. The monoisotopic (exact) mass is 425 g/mol. The van der Waals surface area contributed by atoms with Crippen molar-refractivity contribution in [2.45, 2.75) is 6.54 Å². The molecular formula is C21H17ClFN5O2. The van der Waals surface area contributed by atoms with Crippen molar-refractivity contribution in [2.75, 3.05) is 12.4 Å². The Balaban J connectivity index is 1.45. The van der Waals surface area contributed by atoms with E-state index in [0.29, 0.717) is 27.7 Å². The van der Waals surface area contributed by atoms with Crippen molar-refractivity contribution in [2.24, 2.45) is 0 Å². The standard InChI is InChI=1S/C21H17ClFN5O2/c1-30-15-5-2-4-13(8-15)19-9-20(27-26-19)21(29)25-14-10-24-28(11-14)12-16-17(22)6-3-7-18(16)23/h2-11H,12H2,1H3,(H,25,29)(H,26,27). The van der Waals surface area contributed by atoms with Crippen LogP contribution in [-0.2, 0) is 6.54 Å². The number of nitrogens with zero attached hydrogens (tertiary/aromatic N) is 3. The third kappa shape index (κ3) is 4.18. The van der Waals surface area contributed by atoms with E-state index in [4.69, 9.17) is 16.3 Å². The van der Waals surface area contributed by atoms with Crippen LogP contribution in [0.25, 0.3) is 11.3 Å². The second-order valence-corrected chi connectivity index (χ2v) is 6.89. The lowest BCUT2D eigenvalue weighted by Crippen LogP contribution is -2.12. The van der Waals surface area contributed by atoms with Crippen LogP contribution in [0.2, 0.25) is 5.02 Å². The second-order valence-electron chi connectivity index (χ2n) is 6.48. The minimum absolute atomic E-state index is 0.144. The number of carbonyl (C=O) groups excluding carboxylic acids is 1. The number of hydrogen-bond acceptors (Lipinski definition) is 4. The molecule has 4 aromatic rings. The maximum atomic E-state index is 14.0. The van der Waals surface area contributed by atoms with Gasteiger partial charge in [0.15, 0.2) is 0 Å². The van der Waals surface area contributed by atoms with E-state index in [-0.39, 0.29) is 18.1 Å². The fourth-order valence-electron chi connectivity index (χ4n) is 2.93. The lowest BCUT2D eigenvalue weighted by Gasteiger charge is -2.05. The molecule has 152 valence electrons. The number of anilines is 1. The van der Waals surface area contributed by atoms with Crippen LogP contribution in [0.15, 0.2) is 60.9 Å². The van der Waals surface area contributed by atoms with Gasteiger partial charge in [0.05, 0.1) is 31.2 Å². The molecule has 0 aliphatic rings. The zero-order valence-corrected chi connectivity index (χ0v) is 16.7. The number of aromatic nitrogens is 4. The van der Waals surface area contributed by atoms with Crippen molar-refractivity contribution >= 4 is 23.2 Å². The van der Waals surface area contributed by atoms with Crippen molar-refractivity contribution < 1.29 is 13.9 Å². The number of hydrogen-bond donors (Lipinski definition) is 2. The number of halogens is 2. The fourth-order valence-corrected chi connectivity index (χ4v) is 3.15. The summed E-state index contributed by atoms with van der Waals surface area (Å²) in [5.41, 5.74) is 2.52. The molecule has 0 saturated carbocycles. The molecule has 0 aliphatic heterocycles. The van der Waals surface area contributed by atoms with Crippen LogP contribution in [0.4, 0.5) is 10.1 Å². The molecule has 2 N–H and O–H groups in total. The topological polar surface area (TPSA) is 84.8 Å². The fraction of sp³-hybridized carbons (Fsp3) is 0.0952. The number of carbonyl (C=O) groups is 1. The molecule has 0 atom stereocenters. The van der Waals surface area contributed by atoms with Crippen LogP contribution in [0.1, 0.15) is 16.1 Å². The first-order valence-corrected chi connectivity index (χ1v) is 9.38. The normalized spacial score (nSPS) is 10.8. The molecule has 1 amide bonds. The summed E-state index contributed by atoms with van der Waals surface area (Å²) in [6.45, 7) is 0.144. The lowest BCUT2D eigenvalue weighted by molar-refractivity contribution is 0.102. The highest BCUT2D eigenvalue weighted by Crippen LogP contribution is 2.23. The third-order valence-electron chi connectivity index (χ3n) is 4.46. The summed E-state index contributed by atoms with van der Waals surface area (Å²) in [5.74, 6) is -0.0879. The number of amides is 1. The third-order valence-corrected chi connectivity index (χ3v) is 4.82. The van der Waals surface area contributed by atoms with Crippen LogP contribution in [0.3, 0.4) is 0 Å². The number of H-pyrrole nitrogens is 1. The Kier molecular flexibility index (Phi) is 5.49. The van der Waals surface area contributed by atoms with Crippen molar-refractivity contribution in [1.82, 2.24) is 20.0 Å². The minimum Gasteiger partial charge on any atom is -0.497 e. The van der Waals surface area contributed by atoms with Crippen LogP contribution in [-0.4, -0.2) is 33.0 Å². The van der Waals surface area contributed by atoms with Gasteiger partial charge in [-0.15, -0.1) is 0 Å². The van der Waals surface area contributed by atoms with Crippen molar-refractivity contribution in [1.29, 1.82) is 0 Å². The average Bonchev–Trinajstić information content (AvgIpc) is 3.41.